The molecular formula is C16H21NO3. The van der Waals surface area contributed by atoms with Crippen LogP contribution in [0.5, 0.6) is 0 Å². The number of fused-ring (bicyclic) bond motifs is 1. The number of carbonyl (C=O) groups is 1. The minimum absolute atomic E-state index is 0.212. The molecule has 2 rings (SSSR count). The van der Waals surface area contributed by atoms with Gasteiger partial charge in [0.1, 0.15) is 11.3 Å². The van der Waals surface area contributed by atoms with Crippen LogP contribution in [0.25, 0.3) is 11.0 Å². The smallest absolute Gasteiger partial charge is 0.310 e. The standard InChI is InChI=1S/C16H21NO3/c1-5-19-16(18)9-13-11(2)20-15-7-6-12(8-14(13)15)10-17(3)4/h6-8H,5,9-10H2,1-4H3. The molecule has 0 spiro atoms. The van der Waals surface area contributed by atoms with Gasteiger partial charge in [-0.25, -0.2) is 0 Å². The van der Waals surface area contributed by atoms with Crippen LogP contribution in [0.4, 0.5) is 0 Å². The summed E-state index contributed by atoms with van der Waals surface area (Å²) < 4.78 is 10.7. The van der Waals surface area contributed by atoms with E-state index in [0.29, 0.717) is 6.61 Å². The van der Waals surface area contributed by atoms with Crippen molar-refractivity contribution in [2.75, 3.05) is 20.7 Å². The monoisotopic (exact) mass is 275 g/mol. The van der Waals surface area contributed by atoms with Gasteiger partial charge in [0, 0.05) is 17.5 Å². The number of aryl methyl sites for hydroxylation is 1. The fourth-order valence-corrected chi connectivity index (χ4v) is 2.36. The van der Waals surface area contributed by atoms with Crippen molar-refractivity contribution in [3.05, 3.63) is 35.1 Å². The molecule has 0 saturated carbocycles. The van der Waals surface area contributed by atoms with Crippen molar-refractivity contribution in [3.63, 3.8) is 0 Å². The van der Waals surface area contributed by atoms with Crippen LogP contribution < -0.4 is 0 Å². The first kappa shape index (κ1) is 14.6. The molecule has 20 heavy (non-hydrogen) atoms. The quantitative estimate of drug-likeness (QED) is 0.787. The lowest BCUT2D eigenvalue weighted by molar-refractivity contribution is -0.142. The number of furan rings is 1. The molecule has 0 unspecified atom stereocenters. The van der Waals surface area contributed by atoms with Crippen LogP contribution >= 0.6 is 0 Å². The van der Waals surface area contributed by atoms with Crippen LogP contribution in [0.15, 0.2) is 22.6 Å². The number of esters is 1. The van der Waals surface area contributed by atoms with Crippen molar-refractivity contribution in [1.29, 1.82) is 0 Å². The first-order valence-electron chi connectivity index (χ1n) is 6.82. The Kier molecular flexibility index (Phi) is 4.45. The van der Waals surface area contributed by atoms with Crippen LogP contribution in [0.3, 0.4) is 0 Å². The van der Waals surface area contributed by atoms with Crippen molar-refractivity contribution in [3.8, 4) is 0 Å². The van der Waals surface area contributed by atoms with Crippen molar-refractivity contribution in [1.82, 2.24) is 4.90 Å². The normalized spacial score (nSPS) is 11.2. The van der Waals surface area contributed by atoms with Crippen molar-refractivity contribution >= 4 is 16.9 Å². The lowest BCUT2D eigenvalue weighted by Crippen LogP contribution is -2.10. The zero-order chi connectivity index (χ0) is 14.7. The third-order valence-electron chi connectivity index (χ3n) is 3.18. The van der Waals surface area contributed by atoms with Crippen molar-refractivity contribution in [2.24, 2.45) is 0 Å². The van der Waals surface area contributed by atoms with Gasteiger partial charge in [0.05, 0.1) is 13.0 Å². The highest BCUT2D eigenvalue weighted by molar-refractivity contribution is 5.87. The van der Waals surface area contributed by atoms with Gasteiger partial charge in [-0.3, -0.25) is 4.79 Å². The zero-order valence-electron chi connectivity index (χ0n) is 12.5. The van der Waals surface area contributed by atoms with Gasteiger partial charge in [-0.15, -0.1) is 0 Å². The summed E-state index contributed by atoms with van der Waals surface area (Å²) in [5.41, 5.74) is 2.96. The Bertz CT molecular complexity index is 613. The third kappa shape index (κ3) is 3.20. The lowest BCUT2D eigenvalue weighted by atomic mass is 10.1. The number of rotatable bonds is 5. The average molecular weight is 275 g/mol. The third-order valence-corrected chi connectivity index (χ3v) is 3.18. The largest absolute Gasteiger partial charge is 0.466 e. The van der Waals surface area contributed by atoms with Gasteiger partial charge >= 0.3 is 5.97 Å². The van der Waals surface area contributed by atoms with E-state index in [4.69, 9.17) is 9.15 Å². The van der Waals surface area contributed by atoms with E-state index >= 15 is 0 Å². The van der Waals surface area contributed by atoms with E-state index in [-0.39, 0.29) is 12.4 Å². The van der Waals surface area contributed by atoms with Gasteiger partial charge in [-0.05, 0) is 45.6 Å². The summed E-state index contributed by atoms with van der Waals surface area (Å²) in [5, 5.41) is 1.01. The second-order valence-corrected chi connectivity index (χ2v) is 5.19. The predicted octanol–water partition coefficient (Wildman–Crippen LogP) is 2.91. The van der Waals surface area contributed by atoms with Crippen molar-refractivity contribution < 1.29 is 13.9 Å². The van der Waals surface area contributed by atoms with E-state index < -0.39 is 0 Å². The lowest BCUT2D eigenvalue weighted by Gasteiger charge is -2.09. The van der Waals surface area contributed by atoms with E-state index in [0.717, 1.165) is 28.8 Å². The van der Waals surface area contributed by atoms with Crippen LogP contribution in [0, 0.1) is 6.92 Å². The summed E-state index contributed by atoms with van der Waals surface area (Å²) in [7, 11) is 4.06. The summed E-state index contributed by atoms with van der Waals surface area (Å²) in [6, 6.07) is 6.12. The Morgan fingerprint density at radius 3 is 2.75 bits per heavy atom. The molecule has 108 valence electrons. The second-order valence-electron chi connectivity index (χ2n) is 5.19. The fourth-order valence-electron chi connectivity index (χ4n) is 2.36. The Balaban J connectivity index is 2.36. The molecule has 0 fully saturated rings. The minimum atomic E-state index is -0.212. The maximum Gasteiger partial charge on any atom is 0.310 e. The maximum absolute atomic E-state index is 11.7. The van der Waals surface area contributed by atoms with Gasteiger partial charge in [-0.1, -0.05) is 6.07 Å². The molecule has 0 atom stereocenters. The van der Waals surface area contributed by atoms with Crippen LogP contribution in [-0.4, -0.2) is 31.6 Å². The van der Waals surface area contributed by atoms with Gasteiger partial charge in [0.15, 0.2) is 0 Å². The van der Waals surface area contributed by atoms with Gasteiger partial charge in [0.2, 0.25) is 0 Å². The Morgan fingerprint density at radius 1 is 1.35 bits per heavy atom. The molecule has 0 radical (unpaired) electrons. The van der Waals surface area contributed by atoms with E-state index in [1.807, 2.05) is 34.0 Å². The first-order chi connectivity index (χ1) is 9.51. The SMILES string of the molecule is CCOC(=O)Cc1c(C)oc2ccc(CN(C)C)cc12. The highest BCUT2D eigenvalue weighted by atomic mass is 16.5. The summed E-state index contributed by atoms with van der Waals surface area (Å²) in [4.78, 5) is 13.8. The highest BCUT2D eigenvalue weighted by Gasteiger charge is 2.15. The number of hydrogen-bond acceptors (Lipinski definition) is 4. The number of nitrogens with zero attached hydrogens (tertiary/aromatic N) is 1. The van der Waals surface area contributed by atoms with E-state index in [9.17, 15) is 4.79 Å². The molecule has 0 N–H and O–H groups in total. The van der Waals surface area contributed by atoms with Crippen LogP contribution in [0.1, 0.15) is 23.8 Å². The summed E-state index contributed by atoms with van der Waals surface area (Å²) in [6.45, 7) is 4.96. The molecule has 0 amide bonds. The maximum atomic E-state index is 11.7. The number of carbonyl (C=O) groups excluding carboxylic acids is 1. The first-order valence-corrected chi connectivity index (χ1v) is 6.82. The molecular weight excluding hydrogens is 254 g/mol. The minimum Gasteiger partial charge on any atom is -0.466 e. The molecule has 4 heteroatoms. The number of ether oxygens (including phenoxy) is 1. The molecule has 1 aromatic heterocycles. The molecule has 4 nitrogen and oxygen atoms in total. The molecule has 0 aliphatic carbocycles. The zero-order valence-corrected chi connectivity index (χ0v) is 12.5. The Morgan fingerprint density at radius 2 is 2.10 bits per heavy atom. The molecule has 0 aliphatic rings. The molecule has 2 aromatic rings. The fraction of sp³-hybridized carbons (Fsp3) is 0.438. The molecule has 1 heterocycles. The van der Waals surface area contributed by atoms with Crippen LogP contribution in [-0.2, 0) is 22.5 Å². The van der Waals surface area contributed by atoms with Gasteiger partial charge in [-0.2, -0.15) is 0 Å². The molecule has 0 bridgehead atoms. The summed E-state index contributed by atoms with van der Waals surface area (Å²) >= 11 is 0. The summed E-state index contributed by atoms with van der Waals surface area (Å²) in [6.07, 6.45) is 0.262. The van der Waals surface area contributed by atoms with E-state index in [1.54, 1.807) is 0 Å². The Hall–Kier alpha value is -1.81. The topological polar surface area (TPSA) is 42.7 Å². The average Bonchev–Trinajstić information content (AvgIpc) is 2.66. The highest BCUT2D eigenvalue weighted by Crippen LogP contribution is 2.27. The number of hydrogen-bond donors (Lipinski definition) is 0. The number of benzene rings is 1. The van der Waals surface area contributed by atoms with E-state index in [1.165, 1.54) is 5.56 Å². The van der Waals surface area contributed by atoms with Gasteiger partial charge < -0.3 is 14.1 Å². The van der Waals surface area contributed by atoms with E-state index in [2.05, 4.69) is 17.0 Å². The second kappa shape index (κ2) is 6.09. The predicted molar refractivity (Wildman–Crippen MR) is 78.7 cm³/mol. The molecule has 0 aliphatic heterocycles. The molecule has 0 saturated heterocycles. The van der Waals surface area contributed by atoms with Gasteiger partial charge in [0.25, 0.3) is 0 Å². The molecule has 1 aromatic carbocycles. The Labute approximate surface area is 119 Å². The van der Waals surface area contributed by atoms with Crippen LogP contribution in [0.2, 0.25) is 0 Å². The van der Waals surface area contributed by atoms with Crippen molar-refractivity contribution in [2.45, 2.75) is 26.8 Å². The summed E-state index contributed by atoms with van der Waals surface area (Å²) in [5.74, 6) is 0.575.